The van der Waals surface area contributed by atoms with Crippen LogP contribution in [0.1, 0.15) is 58.3 Å². The maximum Gasteiger partial charge on any atom is 0.348 e. The summed E-state index contributed by atoms with van der Waals surface area (Å²) < 4.78 is 10.3. The lowest BCUT2D eigenvalue weighted by molar-refractivity contribution is 0.0527. The van der Waals surface area contributed by atoms with Gasteiger partial charge in [-0.05, 0) is 63.9 Å². The Labute approximate surface area is 187 Å². The van der Waals surface area contributed by atoms with Crippen LogP contribution in [0, 0.1) is 6.92 Å². The lowest BCUT2D eigenvalue weighted by atomic mass is 10.1. The van der Waals surface area contributed by atoms with Crippen molar-refractivity contribution >= 4 is 45.6 Å². The monoisotopic (exact) mass is 448 g/mol. The molecule has 0 saturated carbocycles. The van der Waals surface area contributed by atoms with E-state index in [0.717, 1.165) is 24.2 Å². The Morgan fingerprint density at radius 2 is 1.73 bits per heavy atom. The van der Waals surface area contributed by atoms with Crippen molar-refractivity contribution in [2.45, 2.75) is 46.6 Å². The second kappa shape index (κ2) is 11.7. The molecule has 2 rings (SSSR count). The van der Waals surface area contributed by atoms with Crippen LogP contribution < -0.4 is 10.6 Å². The molecule has 0 radical (unpaired) electrons. The number of thiocarbonyl (C=S) groups is 1. The van der Waals surface area contributed by atoms with Crippen molar-refractivity contribution < 1.29 is 19.1 Å². The molecule has 0 saturated heterocycles. The van der Waals surface area contributed by atoms with E-state index in [9.17, 15) is 9.59 Å². The van der Waals surface area contributed by atoms with E-state index in [1.54, 1.807) is 20.8 Å². The molecule has 1 aromatic heterocycles. The average molecular weight is 449 g/mol. The molecule has 1 aromatic carbocycles. The van der Waals surface area contributed by atoms with Gasteiger partial charge in [0.05, 0.1) is 18.8 Å². The number of benzene rings is 1. The van der Waals surface area contributed by atoms with Gasteiger partial charge in [-0.15, -0.1) is 11.3 Å². The summed E-state index contributed by atoms with van der Waals surface area (Å²) in [6.07, 6.45) is 1.82. The molecule has 0 amide bonds. The van der Waals surface area contributed by atoms with Gasteiger partial charge in [-0.3, -0.25) is 0 Å². The molecular formula is C22H28N2O4S2. The minimum atomic E-state index is -0.496. The molecule has 2 aromatic rings. The van der Waals surface area contributed by atoms with Gasteiger partial charge in [0.2, 0.25) is 0 Å². The number of esters is 2. The lowest BCUT2D eigenvalue weighted by Crippen LogP contribution is -2.36. The van der Waals surface area contributed by atoms with E-state index < -0.39 is 11.9 Å². The number of aryl methyl sites for hydroxylation is 1. The Kier molecular flexibility index (Phi) is 9.26. The fourth-order valence-corrected chi connectivity index (χ4v) is 4.37. The third-order valence-corrected chi connectivity index (χ3v) is 5.81. The van der Waals surface area contributed by atoms with Crippen molar-refractivity contribution in [2.75, 3.05) is 18.5 Å². The zero-order valence-corrected chi connectivity index (χ0v) is 19.4. The predicted molar refractivity (Wildman–Crippen MR) is 125 cm³/mol. The minimum absolute atomic E-state index is 0.127. The zero-order valence-electron chi connectivity index (χ0n) is 17.7. The van der Waals surface area contributed by atoms with Crippen LogP contribution in [0.5, 0.6) is 0 Å². The topological polar surface area (TPSA) is 76.7 Å². The third-order valence-electron chi connectivity index (χ3n) is 4.40. The molecule has 1 heterocycles. The molecule has 0 spiro atoms. The van der Waals surface area contributed by atoms with Crippen molar-refractivity contribution in [1.29, 1.82) is 0 Å². The Balaban J connectivity index is 2.09. The van der Waals surface area contributed by atoms with Gasteiger partial charge in [-0.2, -0.15) is 0 Å². The zero-order chi connectivity index (χ0) is 22.1. The van der Waals surface area contributed by atoms with Gasteiger partial charge < -0.3 is 20.1 Å². The standard InChI is InChI=1S/C22H28N2O4S2/c1-5-27-20(25)17-15(4)18(21(26)28-6-2)30-19(17)24-22(29)23-14(3)12-13-16-10-8-7-9-11-16/h7-11,14H,5-6,12-13H2,1-4H3,(H2,23,24,29). The third kappa shape index (κ3) is 6.53. The minimum Gasteiger partial charge on any atom is -0.462 e. The second-order valence-corrected chi connectivity index (χ2v) is 8.15. The number of hydrogen-bond acceptors (Lipinski definition) is 6. The summed E-state index contributed by atoms with van der Waals surface area (Å²) in [5.74, 6) is -0.960. The molecule has 0 aliphatic rings. The number of carbonyl (C=O) groups excluding carboxylic acids is 2. The molecule has 0 aliphatic carbocycles. The Morgan fingerprint density at radius 1 is 1.10 bits per heavy atom. The number of rotatable bonds is 9. The normalized spacial score (nSPS) is 11.5. The Morgan fingerprint density at radius 3 is 2.37 bits per heavy atom. The molecule has 1 atom stereocenters. The van der Waals surface area contributed by atoms with Gasteiger partial charge in [0.15, 0.2) is 5.11 Å². The van der Waals surface area contributed by atoms with Gasteiger partial charge in [-0.1, -0.05) is 30.3 Å². The first-order valence-electron chi connectivity index (χ1n) is 9.96. The Bertz CT molecular complexity index is 881. The first-order chi connectivity index (χ1) is 14.4. The molecule has 162 valence electrons. The highest BCUT2D eigenvalue weighted by atomic mass is 32.1. The number of thiophene rings is 1. The second-order valence-electron chi connectivity index (χ2n) is 6.73. The fourth-order valence-electron chi connectivity index (χ4n) is 2.90. The van der Waals surface area contributed by atoms with Crippen LogP contribution in [-0.2, 0) is 15.9 Å². The van der Waals surface area contributed by atoms with Gasteiger partial charge in [0.1, 0.15) is 9.88 Å². The number of carbonyl (C=O) groups is 2. The Hall–Kier alpha value is -2.45. The first kappa shape index (κ1) is 23.8. The maximum absolute atomic E-state index is 12.5. The molecule has 8 heteroatoms. The van der Waals surface area contributed by atoms with Crippen molar-refractivity contribution in [3.63, 3.8) is 0 Å². The molecule has 1 unspecified atom stereocenters. The molecular weight excluding hydrogens is 420 g/mol. The van der Waals surface area contributed by atoms with E-state index in [0.29, 0.717) is 26.1 Å². The molecule has 0 fully saturated rings. The quantitative estimate of drug-likeness (QED) is 0.425. The summed E-state index contributed by atoms with van der Waals surface area (Å²) in [6, 6.07) is 10.4. The van der Waals surface area contributed by atoms with Gasteiger partial charge in [0, 0.05) is 6.04 Å². The van der Waals surface area contributed by atoms with Crippen molar-refractivity contribution in [3.05, 3.63) is 51.9 Å². The van der Waals surface area contributed by atoms with E-state index in [1.165, 1.54) is 5.56 Å². The van der Waals surface area contributed by atoms with Crippen LogP contribution in [0.3, 0.4) is 0 Å². The number of anilines is 1. The number of hydrogen-bond donors (Lipinski definition) is 2. The number of nitrogens with one attached hydrogen (secondary N) is 2. The SMILES string of the molecule is CCOC(=O)c1sc(NC(=S)NC(C)CCc2ccccc2)c(C(=O)OCC)c1C. The predicted octanol–water partition coefficient (Wildman–Crippen LogP) is 4.72. The van der Waals surface area contributed by atoms with Crippen LogP contribution in [0.2, 0.25) is 0 Å². The van der Waals surface area contributed by atoms with Crippen LogP contribution in [0.15, 0.2) is 30.3 Å². The lowest BCUT2D eigenvalue weighted by Gasteiger charge is -2.17. The highest BCUT2D eigenvalue weighted by molar-refractivity contribution is 7.80. The molecule has 30 heavy (non-hydrogen) atoms. The maximum atomic E-state index is 12.5. The molecule has 6 nitrogen and oxygen atoms in total. The largest absolute Gasteiger partial charge is 0.462 e. The van der Waals surface area contributed by atoms with Crippen LogP contribution in [0.25, 0.3) is 0 Å². The smallest absolute Gasteiger partial charge is 0.348 e. The van der Waals surface area contributed by atoms with E-state index in [-0.39, 0.29) is 19.3 Å². The first-order valence-corrected chi connectivity index (χ1v) is 11.2. The van der Waals surface area contributed by atoms with E-state index >= 15 is 0 Å². The van der Waals surface area contributed by atoms with E-state index in [2.05, 4.69) is 22.8 Å². The number of ether oxygens (including phenoxy) is 2. The van der Waals surface area contributed by atoms with Crippen molar-refractivity contribution in [2.24, 2.45) is 0 Å². The summed E-state index contributed by atoms with van der Waals surface area (Å²) in [5, 5.41) is 7.17. The highest BCUT2D eigenvalue weighted by Gasteiger charge is 2.27. The summed E-state index contributed by atoms with van der Waals surface area (Å²) >= 11 is 6.58. The van der Waals surface area contributed by atoms with E-state index in [1.807, 2.05) is 25.1 Å². The van der Waals surface area contributed by atoms with E-state index in [4.69, 9.17) is 21.7 Å². The summed E-state index contributed by atoms with van der Waals surface area (Å²) in [7, 11) is 0. The molecule has 2 N–H and O–H groups in total. The molecule has 0 bridgehead atoms. The van der Waals surface area contributed by atoms with Gasteiger partial charge in [0.25, 0.3) is 0 Å². The van der Waals surface area contributed by atoms with Crippen LogP contribution >= 0.6 is 23.6 Å². The average Bonchev–Trinajstić information content (AvgIpc) is 3.03. The van der Waals surface area contributed by atoms with Crippen LogP contribution in [-0.4, -0.2) is 36.3 Å². The van der Waals surface area contributed by atoms with Gasteiger partial charge >= 0.3 is 11.9 Å². The van der Waals surface area contributed by atoms with Crippen molar-refractivity contribution in [1.82, 2.24) is 5.32 Å². The molecule has 0 aliphatic heterocycles. The van der Waals surface area contributed by atoms with Gasteiger partial charge in [-0.25, -0.2) is 9.59 Å². The van der Waals surface area contributed by atoms with Crippen molar-refractivity contribution in [3.8, 4) is 0 Å². The van der Waals surface area contributed by atoms with Crippen LogP contribution in [0.4, 0.5) is 5.00 Å². The summed E-state index contributed by atoms with van der Waals surface area (Å²) in [5.41, 5.74) is 2.10. The fraction of sp³-hybridized carbons (Fsp3) is 0.409. The summed E-state index contributed by atoms with van der Waals surface area (Å²) in [4.78, 5) is 25.1. The summed E-state index contributed by atoms with van der Waals surface area (Å²) in [6.45, 7) is 7.72. The highest BCUT2D eigenvalue weighted by Crippen LogP contribution is 2.34.